The minimum Gasteiger partial charge on any atom is -0.398 e. The summed E-state index contributed by atoms with van der Waals surface area (Å²) in [6, 6.07) is 14.4. The molecular weight excluding hydrogens is 246 g/mol. The maximum absolute atomic E-state index is 6.04. The Bertz CT molecular complexity index is 748. The van der Waals surface area contributed by atoms with Crippen molar-refractivity contribution in [2.24, 2.45) is 0 Å². The van der Waals surface area contributed by atoms with E-state index in [0.29, 0.717) is 0 Å². The van der Waals surface area contributed by atoms with Crippen LogP contribution in [-0.4, -0.2) is 12.0 Å². The molecule has 1 aromatic heterocycles. The third kappa shape index (κ3) is 2.07. The van der Waals surface area contributed by atoms with Crippen LogP contribution >= 0.6 is 0 Å². The fourth-order valence-electron chi connectivity index (χ4n) is 2.40. The molecule has 20 heavy (non-hydrogen) atoms. The summed E-state index contributed by atoms with van der Waals surface area (Å²) in [6.45, 7) is 2.09. The number of pyridine rings is 1. The van der Waals surface area contributed by atoms with Gasteiger partial charge in [-0.2, -0.15) is 0 Å². The van der Waals surface area contributed by atoms with Gasteiger partial charge in [0.15, 0.2) is 0 Å². The molecule has 3 nitrogen and oxygen atoms in total. The zero-order chi connectivity index (χ0) is 14.1. The van der Waals surface area contributed by atoms with E-state index in [1.165, 1.54) is 5.56 Å². The van der Waals surface area contributed by atoms with Crippen LogP contribution in [0.3, 0.4) is 0 Å². The molecule has 0 aliphatic heterocycles. The highest BCUT2D eigenvalue weighted by molar-refractivity contribution is 6.01. The van der Waals surface area contributed by atoms with Crippen LogP contribution in [0.5, 0.6) is 0 Å². The number of aryl methyl sites for hydroxylation is 1. The number of hydrogen-bond donors (Lipinski definition) is 1. The molecular formula is C17H17N3. The summed E-state index contributed by atoms with van der Waals surface area (Å²) in [5.41, 5.74) is 10.3. The number of aromatic nitrogens is 1. The molecule has 0 spiro atoms. The number of rotatable bonds is 2. The minimum atomic E-state index is 0.781. The third-order valence-electron chi connectivity index (χ3n) is 3.61. The monoisotopic (exact) mass is 263 g/mol. The van der Waals surface area contributed by atoms with Crippen molar-refractivity contribution in [3.63, 3.8) is 0 Å². The molecule has 0 amide bonds. The van der Waals surface area contributed by atoms with Gasteiger partial charge in [0.05, 0.1) is 5.69 Å². The standard InChI is InChI=1S/C17H17N3/c1-12-3-5-13(6-4-12)20(2)17-8-7-16(18)14-9-10-19-11-15(14)17/h3-11H,18H2,1-2H3. The van der Waals surface area contributed by atoms with E-state index in [9.17, 15) is 0 Å². The van der Waals surface area contributed by atoms with Crippen molar-refractivity contribution in [3.8, 4) is 0 Å². The van der Waals surface area contributed by atoms with E-state index in [4.69, 9.17) is 5.73 Å². The summed E-state index contributed by atoms with van der Waals surface area (Å²) >= 11 is 0. The van der Waals surface area contributed by atoms with Crippen LogP contribution in [0.1, 0.15) is 5.56 Å². The van der Waals surface area contributed by atoms with E-state index in [-0.39, 0.29) is 0 Å². The third-order valence-corrected chi connectivity index (χ3v) is 3.61. The molecule has 0 fully saturated rings. The van der Waals surface area contributed by atoms with Crippen molar-refractivity contribution in [2.75, 3.05) is 17.7 Å². The van der Waals surface area contributed by atoms with E-state index >= 15 is 0 Å². The first-order valence-corrected chi connectivity index (χ1v) is 6.59. The highest BCUT2D eigenvalue weighted by Gasteiger charge is 2.09. The van der Waals surface area contributed by atoms with Crippen LogP contribution in [0.25, 0.3) is 10.8 Å². The zero-order valence-electron chi connectivity index (χ0n) is 11.7. The van der Waals surface area contributed by atoms with Crippen LogP contribution in [0.15, 0.2) is 54.9 Å². The van der Waals surface area contributed by atoms with Crippen LogP contribution < -0.4 is 10.6 Å². The molecule has 0 saturated heterocycles. The predicted octanol–water partition coefficient (Wildman–Crippen LogP) is 3.89. The van der Waals surface area contributed by atoms with Gasteiger partial charge in [-0.05, 0) is 37.3 Å². The van der Waals surface area contributed by atoms with Crippen LogP contribution in [0.2, 0.25) is 0 Å². The molecule has 3 rings (SSSR count). The Morgan fingerprint density at radius 3 is 2.45 bits per heavy atom. The highest BCUT2D eigenvalue weighted by Crippen LogP contribution is 2.33. The summed E-state index contributed by atoms with van der Waals surface area (Å²) in [4.78, 5) is 6.38. The van der Waals surface area contributed by atoms with E-state index in [0.717, 1.165) is 27.8 Å². The second-order valence-corrected chi connectivity index (χ2v) is 4.99. The number of nitrogens with zero attached hydrogens (tertiary/aromatic N) is 2. The van der Waals surface area contributed by atoms with Crippen molar-refractivity contribution in [1.29, 1.82) is 0 Å². The van der Waals surface area contributed by atoms with Gasteiger partial charge in [-0.3, -0.25) is 4.98 Å². The molecule has 2 N–H and O–H groups in total. The lowest BCUT2D eigenvalue weighted by molar-refractivity contribution is 1.21. The first-order chi connectivity index (χ1) is 9.66. The lowest BCUT2D eigenvalue weighted by Crippen LogP contribution is -2.10. The van der Waals surface area contributed by atoms with Gasteiger partial charge in [-0.15, -0.1) is 0 Å². The van der Waals surface area contributed by atoms with Gasteiger partial charge in [-0.25, -0.2) is 0 Å². The molecule has 0 saturated carbocycles. The summed E-state index contributed by atoms with van der Waals surface area (Å²) in [7, 11) is 2.06. The average molecular weight is 263 g/mol. The maximum Gasteiger partial charge on any atom is 0.0504 e. The minimum absolute atomic E-state index is 0.781. The molecule has 0 radical (unpaired) electrons. The molecule has 1 heterocycles. The highest BCUT2D eigenvalue weighted by atomic mass is 15.1. The van der Waals surface area contributed by atoms with Crippen LogP contribution in [-0.2, 0) is 0 Å². The first-order valence-electron chi connectivity index (χ1n) is 6.59. The first kappa shape index (κ1) is 12.5. The van der Waals surface area contributed by atoms with Crippen LogP contribution in [0.4, 0.5) is 17.1 Å². The lowest BCUT2D eigenvalue weighted by atomic mass is 10.1. The Morgan fingerprint density at radius 2 is 1.70 bits per heavy atom. The van der Waals surface area contributed by atoms with Gasteiger partial charge < -0.3 is 10.6 Å². The molecule has 0 aliphatic carbocycles. The van der Waals surface area contributed by atoms with Crippen LogP contribution in [0, 0.1) is 6.92 Å². The van der Waals surface area contributed by atoms with Gasteiger partial charge in [0.1, 0.15) is 0 Å². The smallest absolute Gasteiger partial charge is 0.0504 e. The maximum atomic E-state index is 6.04. The van der Waals surface area contributed by atoms with Crippen molar-refractivity contribution in [3.05, 3.63) is 60.4 Å². The Morgan fingerprint density at radius 1 is 0.950 bits per heavy atom. The van der Waals surface area contributed by atoms with Gasteiger partial charge >= 0.3 is 0 Å². The Balaban J connectivity index is 2.14. The average Bonchev–Trinajstić information content (AvgIpc) is 2.48. The quantitative estimate of drug-likeness (QED) is 0.713. The SMILES string of the molecule is Cc1ccc(N(C)c2ccc(N)c3ccncc23)cc1. The summed E-state index contributed by atoms with van der Waals surface area (Å²) in [5, 5.41) is 2.10. The second-order valence-electron chi connectivity index (χ2n) is 4.99. The molecule has 0 aliphatic rings. The zero-order valence-corrected chi connectivity index (χ0v) is 11.7. The Hall–Kier alpha value is -2.55. The van der Waals surface area contributed by atoms with Crippen molar-refractivity contribution in [2.45, 2.75) is 6.92 Å². The van der Waals surface area contributed by atoms with Gasteiger partial charge in [0.2, 0.25) is 0 Å². The fourth-order valence-corrected chi connectivity index (χ4v) is 2.40. The van der Waals surface area contributed by atoms with Crippen molar-refractivity contribution < 1.29 is 0 Å². The van der Waals surface area contributed by atoms with Crippen molar-refractivity contribution in [1.82, 2.24) is 4.98 Å². The van der Waals surface area contributed by atoms with E-state index < -0.39 is 0 Å². The number of hydrogen-bond acceptors (Lipinski definition) is 3. The predicted molar refractivity (Wildman–Crippen MR) is 85.4 cm³/mol. The Kier molecular flexibility index (Phi) is 3.03. The summed E-state index contributed by atoms with van der Waals surface area (Å²) in [6.07, 6.45) is 3.64. The largest absolute Gasteiger partial charge is 0.398 e. The van der Waals surface area contributed by atoms with Gasteiger partial charge in [-0.1, -0.05) is 17.7 Å². The molecule has 3 aromatic rings. The number of fused-ring (bicyclic) bond motifs is 1. The fraction of sp³-hybridized carbons (Fsp3) is 0.118. The van der Waals surface area contributed by atoms with Crippen molar-refractivity contribution >= 4 is 27.8 Å². The molecule has 2 aromatic carbocycles. The molecule has 100 valence electrons. The van der Waals surface area contributed by atoms with E-state index in [1.54, 1.807) is 6.20 Å². The molecule has 0 unspecified atom stereocenters. The number of nitrogen functional groups attached to an aromatic ring is 1. The molecule has 3 heteroatoms. The molecule has 0 atom stereocenters. The molecule has 0 bridgehead atoms. The Labute approximate surface area is 118 Å². The lowest BCUT2D eigenvalue weighted by Gasteiger charge is -2.22. The summed E-state index contributed by atoms with van der Waals surface area (Å²) in [5.74, 6) is 0. The number of benzene rings is 2. The van der Waals surface area contributed by atoms with Gasteiger partial charge in [0, 0.05) is 41.6 Å². The summed E-state index contributed by atoms with van der Waals surface area (Å²) < 4.78 is 0. The van der Waals surface area contributed by atoms with Gasteiger partial charge in [0.25, 0.3) is 0 Å². The number of nitrogens with two attached hydrogens (primary N) is 1. The number of anilines is 3. The normalized spacial score (nSPS) is 10.7. The van der Waals surface area contributed by atoms with E-state index in [2.05, 4.69) is 48.1 Å². The topological polar surface area (TPSA) is 42.1 Å². The second kappa shape index (κ2) is 4.85. The van der Waals surface area contributed by atoms with E-state index in [1.807, 2.05) is 24.4 Å².